The zero-order chi connectivity index (χ0) is 18.4. The van der Waals surface area contributed by atoms with Crippen LogP contribution in [0.3, 0.4) is 0 Å². The minimum atomic E-state index is -0.139. The van der Waals surface area contributed by atoms with Crippen molar-refractivity contribution < 1.29 is 0 Å². The number of nitrogens with zero attached hydrogens (tertiary/aromatic N) is 3. The van der Waals surface area contributed by atoms with Gasteiger partial charge in [-0.25, -0.2) is 9.50 Å². The maximum atomic E-state index is 6.49. The summed E-state index contributed by atoms with van der Waals surface area (Å²) in [6.45, 7) is 2.04. The van der Waals surface area contributed by atoms with E-state index < -0.39 is 0 Å². The van der Waals surface area contributed by atoms with Crippen LogP contribution in [0, 0.1) is 6.92 Å². The molecule has 2 N–H and O–H groups in total. The van der Waals surface area contributed by atoms with Gasteiger partial charge in [0.15, 0.2) is 5.65 Å². The molecular weight excluding hydrogens is 332 g/mol. The predicted molar refractivity (Wildman–Crippen MR) is 108 cm³/mol. The highest BCUT2D eigenvalue weighted by molar-refractivity contribution is 5.81. The van der Waals surface area contributed by atoms with Crippen LogP contribution in [0.2, 0.25) is 0 Å². The molecule has 1 aliphatic carbocycles. The molecule has 1 aliphatic rings. The number of hydrogen-bond acceptors (Lipinski definition) is 3. The fourth-order valence-electron chi connectivity index (χ4n) is 3.88. The lowest BCUT2D eigenvalue weighted by Crippen LogP contribution is -2.43. The summed E-state index contributed by atoms with van der Waals surface area (Å²) < 4.78 is 1.86. The van der Waals surface area contributed by atoms with Crippen LogP contribution in [0.5, 0.6) is 0 Å². The summed E-state index contributed by atoms with van der Waals surface area (Å²) in [7, 11) is 0. The van der Waals surface area contributed by atoms with Crippen LogP contribution in [0.4, 0.5) is 0 Å². The lowest BCUT2D eigenvalue weighted by molar-refractivity contribution is 0.253. The standard InChI is InChI=1S/C23H22N4/c1-16-14-25-27-15-20(17-6-3-2-4-7-17)21(26-22(16)27)18-8-10-19(11-9-18)23(24)12-5-13-23/h2-4,6-11,14-15H,5,12-13,24H2,1H3. The summed E-state index contributed by atoms with van der Waals surface area (Å²) >= 11 is 0. The molecule has 4 aromatic rings. The van der Waals surface area contributed by atoms with Gasteiger partial charge in [0.2, 0.25) is 0 Å². The highest BCUT2D eigenvalue weighted by atomic mass is 15.2. The molecule has 5 rings (SSSR count). The Balaban J connectivity index is 1.68. The third-order valence-corrected chi connectivity index (χ3v) is 5.73. The monoisotopic (exact) mass is 354 g/mol. The lowest BCUT2D eigenvalue weighted by atomic mass is 9.72. The van der Waals surface area contributed by atoms with E-state index in [1.54, 1.807) is 0 Å². The van der Waals surface area contributed by atoms with Gasteiger partial charge in [-0.3, -0.25) is 0 Å². The number of benzene rings is 2. The third-order valence-electron chi connectivity index (χ3n) is 5.73. The van der Waals surface area contributed by atoms with E-state index in [9.17, 15) is 0 Å². The highest BCUT2D eigenvalue weighted by Gasteiger charge is 2.34. The van der Waals surface area contributed by atoms with Crippen LogP contribution in [-0.4, -0.2) is 14.6 Å². The first-order chi connectivity index (χ1) is 13.1. The fourth-order valence-corrected chi connectivity index (χ4v) is 3.88. The van der Waals surface area contributed by atoms with E-state index in [-0.39, 0.29) is 5.54 Å². The Morgan fingerprint density at radius 1 is 0.963 bits per heavy atom. The second-order valence-corrected chi connectivity index (χ2v) is 7.55. The molecule has 0 amide bonds. The lowest BCUT2D eigenvalue weighted by Gasteiger charge is -2.38. The second-order valence-electron chi connectivity index (χ2n) is 7.55. The summed E-state index contributed by atoms with van der Waals surface area (Å²) in [4.78, 5) is 4.98. The minimum Gasteiger partial charge on any atom is -0.321 e. The van der Waals surface area contributed by atoms with Gasteiger partial charge in [-0.05, 0) is 37.3 Å². The van der Waals surface area contributed by atoms with Crippen molar-refractivity contribution >= 4 is 5.65 Å². The van der Waals surface area contributed by atoms with E-state index >= 15 is 0 Å². The molecule has 0 radical (unpaired) electrons. The quantitative estimate of drug-likeness (QED) is 0.580. The van der Waals surface area contributed by atoms with Crippen molar-refractivity contribution in [3.05, 3.63) is 78.1 Å². The van der Waals surface area contributed by atoms with Crippen molar-refractivity contribution in [2.24, 2.45) is 5.73 Å². The van der Waals surface area contributed by atoms with Gasteiger partial charge in [0.1, 0.15) is 0 Å². The van der Waals surface area contributed by atoms with E-state index in [1.807, 2.05) is 23.7 Å². The SMILES string of the molecule is Cc1cnn2cc(-c3ccccc3)c(-c3ccc(C4(N)CCC4)cc3)nc12. The summed E-state index contributed by atoms with van der Waals surface area (Å²) in [6, 6.07) is 19.0. The minimum absolute atomic E-state index is 0.139. The van der Waals surface area contributed by atoms with Crippen molar-refractivity contribution in [2.75, 3.05) is 0 Å². The van der Waals surface area contributed by atoms with Crippen LogP contribution in [0.15, 0.2) is 67.0 Å². The number of aryl methyl sites for hydroxylation is 1. The first-order valence-electron chi connectivity index (χ1n) is 9.44. The molecule has 1 saturated carbocycles. The molecule has 134 valence electrons. The zero-order valence-corrected chi connectivity index (χ0v) is 15.4. The molecule has 0 spiro atoms. The number of hydrogen-bond donors (Lipinski definition) is 1. The van der Waals surface area contributed by atoms with E-state index in [4.69, 9.17) is 10.7 Å². The molecule has 2 heterocycles. The van der Waals surface area contributed by atoms with Gasteiger partial charge in [-0.15, -0.1) is 0 Å². The Bertz CT molecular complexity index is 1110. The molecule has 0 aliphatic heterocycles. The Morgan fingerprint density at radius 3 is 2.37 bits per heavy atom. The van der Waals surface area contributed by atoms with E-state index in [0.717, 1.165) is 46.4 Å². The molecule has 27 heavy (non-hydrogen) atoms. The van der Waals surface area contributed by atoms with Gasteiger partial charge in [-0.2, -0.15) is 5.10 Å². The van der Waals surface area contributed by atoms with Crippen LogP contribution in [0.25, 0.3) is 28.0 Å². The topological polar surface area (TPSA) is 56.2 Å². The number of fused-ring (bicyclic) bond motifs is 1. The Labute approximate surface area is 158 Å². The second kappa shape index (κ2) is 6.03. The highest BCUT2D eigenvalue weighted by Crippen LogP contribution is 2.39. The smallest absolute Gasteiger partial charge is 0.158 e. The molecule has 0 bridgehead atoms. The molecule has 4 nitrogen and oxygen atoms in total. The largest absolute Gasteiger partial charge is 0.321 e. The van der Waals surface area contributed by atoms with Gasteiger partial charge < -0.3 is 5.73 Å². The van der Waals surface area contributed by atoms with Crippen molar-refractivity contribution in [1.82, 2.24) is 14.6 Å². The number of nitrogens with two attached hydrogens (primary N) is 1. The van der Waals surface area contributed by atoms with Crippen molar-refractivity contribution in [1.29, 1.82) is 0 Å². The van der Waals surface area contributed by atoms with Crippen molar-refractivity contribution in [2.45, 2.75) is 31.7 Å². The molecule has 2 aromatic carbocycles. The fraction of sp³-hybridized carbons (Fsp3) is 0.217. The molecule has 1 fully saturated rings. The van der Waals surface area contributed by atoms with Crippen molar-refractivity contribution in [3.8, 4) is 22.4 Å². The van der Waals surface area contributed by atoms with Crippen molar-refractivity contribution in [3.63, 3.8) is 0 Å². The summed E-state index contributed by atoms with van der Waals surface area (Å²) in [5, 5.41) is 4.44. The average Bonchev–Trinajstić information content (AvgIpc) is 3.06. The van der Waals surface area contributed by atoms with Gasteiger partial charge >= 0.3 is 0 Å². The van der Waals surface area contributed by atoms with Crippen LogP contribution in [0.1, 0.15) is 30.4 Å². The van der Waals surface area contributed by atoms with Gasteiger partial charge in [-0.1, -0.05) is 54.6 Å². The summed E-state index contributed by atoms with van der Waals surface area (Å²) in [5.41, 5.74) is 13.8. The molecule has 0 atom stereocenters. The normalized spacial score (nSPS) is 15.6. The summed E-state index contributed by atoms with van der Waals surface area (Å²) in [5.74, 6) is 0. The first kappa shape index (κ1) is 16.2. The van der Waals surface area contributed by atoms with Gasteiger partial charge in [0, 0.05) is 28.4 Å². The molecule has 4 heteroatoms. The van der Waals surface area contributed by atoms with Gasteiger partial charge in [0.25, 0.3) is 0 Å². The number of aromatic nitrogens is 3. The Morgan fingerprint density at radius 2 is 1.70 bits per heavy atom. The molecule has 0 unspecified atom stereocenters. The van der Waals surface area contributed by atoms with E-state index in [2.05, 4.69) is 59.8 Å². The van der Waals surface area contributed by atoms with Crippen LogP contribution in [-0.2, 0) is 5.54 Å². The first-order valence-corrected chi connectivity index (χ1v) is 9.44. The maximum absolute atomic E-state index is 6.49. The van der Waals surface area contributed by atoms with Crippen LogP contribution < -0.4 is 5.73 Å². The molecular formula is C23H22N4. The number of rotatable bonds is 3. The molecule has 2 aromatic heterocycles. The third kappa shape index (κ3) is 2.64. The molecule has 0 saturated heterocycles. The Kier molecular flexibility index (Phi) is 3.62. The van der Waals surface area contributed by atoms with Crippen LogP contribution >= 0.6 is 0 Å². The van der Waals surface area contributed by atoms with E-state index in [1.165, 1.54) is 12.0 Å². The van der Waals surface area contributed by atoms with E-state index in [0.29, 0.717) is 0 Å². The van der Waals surface area contributed by atoms with Gasteiger partial charge in [0.05, 0.1) is 11.9 Å². The maximum Gasteiger partial charge on any atom is 0.158 e. The Hall–Kier alpha value is -2.98. The zero-order valence-electron chi connectivity index (χ0n) is 15.4. The average molecular weight is 354 g/mol. The summed E-state index contributed by atoms with van der Waals surface area (Å²) in [6.07, 6.45) is 7.29. The predicted octanol–water partition coefficient (Wildman–Crippen LogP) is 4.71.